The van der Waals surface area contributed by atoms with Crippen LogP contribution in [0.1, 0.15) is 39.5 Å². The predicted molar refractivity (Wildman–Crippen MR) is 68.0 cm³/mol. The van der Waals surface area contributed by atoms with Gasteiger partial charge in [0.1, 0.15) is 0 Å². The van der Waals surface area contributed by atoms with Gasteiger partial charge >= 0.3 is 5.97 Å². The molecule has 1 N–H and O–H groups in total. The molecule has 0 aromatic heterocycles. The Morgan fingerprint density at radius 1 is 1.06 bits per heavy atom. The van der Waals surface area contributed by atoms with Gasteiger partial charge in [0, 0.05) is 13.1 Å². The average molecular weight is 251 g/mol. The number of carboxylic acids is 1. The zero-order valence-corrected chi connectivity index (χ0v) is 11.1. The normalized spacial score (nSPS) is 28.7. The molecule has 4 nitrogen and oxygen atoms in total. The lowest BCUT2D eigenvalue weighted by molar-refractivity contribution is -0.150. The van der Waals surface area contributed by atoms with Crippen LogP contribution in [0.4, 0.5) is 0 Å². The number of carbonyl (C=O) groups excluding carboxylic acids is 1. The minimum atomic E-state index is -0.834. The summed E-state index contributed by atoms with van der Waals surface area (Å²) in [5.74, 6) is -1.68. The molecule has 1 fully saturated rings. The average Bonchev–Trinajstić information content (AvgIpc) is 2.84. The summed E-state index contributed by atoms with van der Waals surface area (Å²) in [6, 6.07) is 0. The van der Waals surface area contributed by atoms with Gasteiger partial charge in [-0.3, -0.25) is 9.59 Å². The van der Waals surface area contributed by atoms with Gasteiger partial charge in [-0.1, -0.05) is 11.1 Å². The van der Waals surface area contributed by atoms with Crippen molar-refractivity contribution in [2.24, 2.45) is 11.8 Å². The number of nitrogens with zero attached hydrogens (tertiary/aromatic N) is 1. The van der Waals surface area contributed by atoms with Crippen LogP contribution in [0.3, 0.4) is 0 Å². The molecule has 1 amide bonds. The molecule has 2 rings (SSSR count). The molecule has 100 valence electrons. The van der Waals surface area contributed by atoms with Gasteiger partial charge in [-0.15, -0.1) is 0 Å². The van der Waals surface area contributed by atoms with Crippen molar-refractivity contribution in [3.63, 3.8) is 0 Å². The van der Waals surface area contributed by atoms with E-state index in [4.69, 9.17) is 0 Å². The lowest BCUT2D eigenvalue weighted by Crippen LogP contribution is -2.41. The molecule has 2 atom stereocenters. The number of rotatable bonds is 2. The van der Waals surface area contributed by atoms with E-state index in [-0.39, 0.29) is 11.8 Å². The molecule has 18 heavy (non-hydrogen) atoms. The van der Waals surface area contributed by atoms with Gasteiger partial charge in [-0.2, -0.15) is 0 Å². The van der Waals surface area contributed by atoms with Crippen LogP contribution in [-0.4, -0.2) is 35.0 Å². The molecule has 0 saturated carbocycles. The first kappa shape index (κ1) is 13.1. The second-order valence-corrected chi connectivity index (χ2v) is 5.55. The topological polar surface area (TPSA) is 57.6 Å². The van der Waals surface area contributed by atoms with Gasteiger partial charge in [0.05, 0.1) is 11.8 Å². The molecule has 2 aliphatic rings. The van der Waals surface area contributed by atoms with E-state index < -0.39 is 11.9 Å². The maximum atomic E-state index is 12.4. The van der Waals surface area contributed by atoms with E-state index in [9.17, 15) is 14.7 Å². The Balaban J connectivity index is 2.18. The first-order valence-electron chi connectivity index (χ1n) is 6.67. The summed E-state index contributed by atoms with van der Waals surface area (Å²) in [4.78, 5) is 25.6. The SMILES string of the molecule is CC1=C(C)C[C@@H](C(=O)N2CCCC2)[C@H](C(=O)O)C1. The van der Waals surface area contributed by atoms with Crippen LogP contribution in [0, 0.1) is 11.8 Å². The molecule has 0 unspecified atom stereocenters. The Kier molecular flexibility index (Phi) is 3.73. The molecule has 1 aliphatic carbocycles. The van der Waals surface area contributed by atoms with Crippen molar-refractivity contribution in [2.75, 3.05) is 13.1 Å². The summed E-state index contributed by atoms with van der Waals surface area (Å²) in [5.41, 5.74) is 2.32. The van der Waals surface area contributed by atoms with E-state index in [0.717, 1.165) is 31.5 Å². The maximum absolute atomic E-state index is 12.4. The van der Waals surface area contributed by atoms with Crippen LogP contribution in [0.25, 0.3) is 0 Å². The predicted octanol–water partition coefficient (Wildman–Crippen LogP) is 2.06. The van der Waals surface area contributed by atoms with E-state index in [1.807, 2.05) is 18.7 Å². The lowest BCUT2D eigenvalue weighted by Gasteiger charge is -2.32. The zero-order valence-electron chi connectivity index (χ0n) is 11.1. The van der Waals surface area contributed by atoms with Crippen LogP contribution in [0.5, 0.6) is 0 Å². The monoisotopic (exact) mass is 251 g/mol. The highest BCUT2D eigenvalue weighted by Gasteiger charge is 2.39. The lowest BCUT2D eigenvalue weighted by atomic mass is 9.76. The van der Waals surface area contributed by atoms with E-state index in [1.54, 1.807) is 0 Å². The van der Waals surface area contributed by atoms with Crippen LogP contribution < -0.4 is 0 Å². The summed E-state index contributed by atoms with van der Waals surface area (Å²) in [7, 11) is 0. The second-order valence-electron chi connectivity index (χ2n) is 5.55. The summed E-state index contributed by atoms with van der Waals surface area (Å²) in [6.07, 6.45) is 3.22. The Morgan fingerprint density at radius 3 is 2.06 bits per heavy atom. The van der Waals surface area contributed by atoms with Gasteiger partial charge in [-0.25, -0.2) is 0 Å². The third-order valence-electron chi connectivity index (χ3n) is 4.32. The highest BCUT2D eigenvalue weighted by molar-refractivity contribution is 5.85. The minimum absolute atomic E-state index is 0.0479. The Morgan fingerprint density at radius 2 is 1.56 bits per heavy atom. The van der Waals surface area contributed by atoms with Gasteiger partial charge in [0.2, 0.25) is 5.91 Å². The fraction of sp³-hybridized carbons (Fsp3) is 0.714. The molecule has 0 spiro atoms. The number of hydrogen-bond acceptors (Lipinski definition) is 2. The fourth-order valence-corrected chi connectivity index (χ4v) is 2.98. The zero-order chi connectivity index (χ0) is 13.3. The highest BCUT2D eigenvalue weighted by Crippen LogP contribution is 2.35. The van der Waals surface area contributed by atoms with Crippen molar-refractivity contribution in [2.45, 2.75) is 39.5 Å². The maximum Gasteiger partial charge on any atom is 0.307 e. The van der Waals surface area contributed by atoms with Crippen LogP contribution in [0.15, 0.2) is 11.1 Å². The van der Waals surface area contributed by atoms with Crippen molar-refractivity contribution in [1.29, 1.82) is 0 Å². The smallest absolute Gasteiger partial charge is 0.307 e. The quantitative estimate of drug-likeness (QED) is 0.764. The van der Waals surface area contributed by atoms with Crippen molar-refractivity contribution in [1.82, 2.24) is 4.90 Å². The molecule has 0 radical (unpaired) electrons. The number of hydrogen-bond donors (Lipinski definition) is 1. The number of carboxylic acid groups (broad SMARTS) is 1. The Labute approximate surface area is 108 Å². The summed E-state index contributed by atoms with van der Waals surface area (Å²) >= 11 is 0. The molecule has 1 aliphatic heterocycles. The molecule has 4 heteroatoms. The van der Waals surface area contributed by atoms with Gasteiger partial charge in [0.15, 0.2) is 0 Å². The molecular formula is C14H21NO3. The van der Waals surface area contributed by atoms with Crippen molar-refractivity contribution >= 4 is 11.9 Å². The Hall–Kier alpha value is -1.32. The number of carbonyl (C=O) groups is 2. The standard InChI is InChI=1S/C14H21NO3/c1-9-7-11(12(14(17)18)8-10(9)2)13(16)15-5-3-4-6-15/h11-12H,3-8H2,1-2H3,(H,17,18)/t11-,12-/m1/s1. The molecule has 1 heterocycles. The number of likely N-dealkylation sites (tertiary alicyclic amines) is 1. The first-order valence-corrected chi connectivity index (χ1v) is 6.67. The largest absolute Gasteiger partial charge is 0.481 e. The van der Waals surface area contributed by atoms with Gasteiger partial charge in [-0.05, 0) is 39.5 Å². The number of allylic oxidation sites excluding steroid dienone is 2. The molecule has 0 aromatic carbocycles. The summed E-state index contributed by atoms with van der Waals surface area (Å²) in [5, 5.41) is 9.31. The number of amides is 1. The molecular weight excluding hydrogens is 230 g/mol. The fourth-order valence-electron chi connectivity index (χ4n) is 2.98. The first-order chi connectivity index (χ1) is 8.50. The molecule has 1 saturated heterocycles. The number of aliphatic carboxylic acids is 1. The van der Waals surface area contributed by atoms with Crippen LogP contribution in [-0.2, 0) is 9.59 Å². The van der Waals surface area contributed by atoms with E-state index in [0.29, 0.717) is 12.8 Å². The molecule has 0 aromatic rings. The summed E-state index contributed by atoms with van der Waals surface area (Å²) in [6.45, 7) is 5.58. The second kappa shape index (κ2) is 5.12. The summed E-state index contributed by atoms with van der Waals surface area (Å²) < 4.78 is 0. The van der Waals surface area contributed by atoms with Crippen molar-refractivity contribution in [3.05, 3.63) is 11.1 Å². The van der Waals surface area contributed by atoms with Crippen molar-refractivity contribution in [3.8, 4) is 0 Å². The minimum Gasteiger partial charge on any atom is -0.481 e. The van der Waals surface area contributed by atoms with Crippen LogP contribution >= 0.6 is 0 Å². The Bertz CT molecular complexity index is 394. The third-order valence-corrected chi connectivity index (χ3v) is 4.32. The van der Waals surface area contributed by atoms with E-state index in [2.05, 4.69) is 0 Å². The molecule has 0 bridgehead atoms. The van der Waals surface area contributed by atoms with Gasteiger partial charge < -0.3 is 10.0 Å². The highest BCUT2D eigenvalue weighted by atomic mass is 16.4. The third kappa shape index (κ3) is 2.42. The van der Waals surface area contributed by atoms with Crippen LogP contribution in [0.2, 0.25) is 0 Å². The van der Waals surface area contributed by atoms with Crippen molar-refractivity contribution < 1.29 is 14.7 Å². The van der Waals surface area contributed by atoms with Gasteiger partial charge in [0.25, 0.3) is 0 Å². The van der Waals surface area contributed by atoms with E-state index >= 15 is 0 Å². The van der Waals surface area contributed by atoms with E-state index in [1.165, 1.54) is 5.57 Å².